The van der Waals surface area contributed by atoms with Crippen molar-refractivity contribution in [3.8, 4) is 11.9 Å². The molecule has 4 aromatic rings. The summed E-state index contributed by atoms with van der Waals surface area (Å²) in [4.78, 5) is 26.3. The number of benzene rings is 2. The number of carbonyl (C=O) groups is 1. The number of hydrogen-bond donors (Lipinski definition) is 1. The van der Waals surface area contributed by atoms with E-state index in [1.165, 1.54) is 6.92 Å². The fourth-order valence-electron chi connectivity index (χ4n) is 3.85. The van der Waals surface area contributed by atoms with Crippen LogP contribution in [0.3, 0.4) is 0 Å². The standard InChI is InChI=1S/C25H19BrN2O4/c1-14-19(13-27)24(30)28(11-10-16-6-4-3-5-7-16)25(31)21(14)22(29)23-15(2)18-9-8-17(26)12-20(18)32-23/h3-9,12,31H,10-11H2,1-2H3. The minimum absolute atomic E-state index is 0.0636. The second kappa shape index (κ2) is 8.48. The second-order valence-corrected chi connectivity index (χ2v) is 8.44. The zero-order chi connectivity index (χ0) is 23.0. The number of furan rings is 1. The van der Waals surface area contributed by atoms with Gasteiger partial charge in [0.05, 0.1) is 5.56 Å². The average molecular weight is 491 g/mol. The van der Waals surface area contributed by atoms with Crippen LogP contribution in [0.4, 0.5) is 0 Å². The Balaban J connectivity index is 1.85. The molecule has 0 radical (unpaired) electrons. The van der Waals surface area contributed by atoms with Gasteiger partial charge in [-0.2, -0.15) is 5.26 Å². The Kier molecular flexibility index (Phi) is 5.72. The van der Waals surface area contributed by atoms with Crippen LogP contribution in [-0.2, 0) is 13.0 Å². The maximum Gasteiger partial charge on any atom is 0.271 e. The van der Waals surface area contributed by atoms with Crippen LogP contribution >= 0.6 is 15.9 Å². The fraction of sp³-hybridized carbons (Fsp3) is 0.160. The first kappa shape index (κ1) is 21.6. The molecule has 160 valence electrons. The molecule has 0 atom stereocenters. The quantitative estimate of drug-likeness (QED) is 0.396. The van der Waals surface area contributed by atoms with Crippen LogP contribution in [0.25, 0.3) is 11.0 Å². The molecular formula is C25H19BrN2O4. The molecule has 0 aliphatic rings. The van der Waals surface area contributed by atoms with Crippen LogP contribution in [0.15, 0.2) is 62.2 Å². The average Bonchev–Trinajstić information content (AvgIpc) is 3.10. The van der Waals surface area contributed by atoms with Crippen molar-refractivity contribution in [3.05, 3.63) is 96.9 Å². The maximum atomic E-state index is 13.5. The Morgan fingerprint density at radius 2 is 1.88 bits per heavy atom. The Hall–Kier alpha value is -3.63. The highest BCUT2D eigenvalue weighted by molar-refractivity contribution is 9.10. The highest BCUT2D eigenvalue weighted by atomic mass is 79.9. The molecule has 6 nitrogen and oxygen atoms in total. The molecule has 0 saturated heterocycles. The van der Waals surface area contributed by atoms with Crippen molar-refractivity contribution in [2.75, 3.05) is 0 Å². The number of hydrogen-bond acceptors (Lipinski definition) is 5. The van der Waals surface area contributed by atoms with Gasteiger partial charge in [0.25, 0.3) is 5.56 Å². The highest BCUT2D eigenvalue weighted by Crippen LogP contribution is 2.32. The molecule has 0 aliphatic carbocycles. The number of rotatable bonds is 5. The lowest BCUT2D eigenvalue weighted by Crippen LogP contribution is -2.27. The molecule has 0 amide bonds. The van der Waals surface area contributed by atoms with Gasteiger partial charge in [-0.3, -0.25) is 14.2 Å². The molecule has 4 rings (SSSR count). The van der Waals surface area contributed by atoms with E-state index in [2.05, 4.69) is 15.9 Å². The summed E-state index contributed by atoms with van der Waals surface area (Å²) < 4.78 is 7.71. The minimum Gasteiger partial charge on any atom is -0.494 e. The molecule has 2 heterocycles. The van der Waals surface area contributed by atoms with Gasteiger partial charge in [-0.15, -0.1) is 0 Å². The van der Waals surface area contributed by atoms with Gasteiger partial charge < -0.3 is 9.52 Å². The lowest BCUT2D eigenvalue weighted by atomic mass is 9.98. The van der Waals surface area contributed by atoms with E-state index in [0.717, 1.165) is 20.0 Å². The number of aryl methyl sites for hydroxylation is 2. The third-order valence-electron chi connectivity index (χ3n) is 5.60. The number of aromatic nitrogens is 1. The lowest BCUT2D eigenvalue weighted by molar-refractivity contribution is 0.101. The van der Waals surface area contributed by atoms with E-state index in [4.69, 9.17) is 4.42 Å². The van der Waals surface area contributed by atoms with Crippen LogP contribution in [0.5, 0.6) is 5.88 Å². The van der Waals surface area contributed by atoms with Gasteiger partial charge in [0, 0.05) is 22.0 Å². The van der Waals surface area contributed by atoms with Gasteiger partial charge in [-0.1, -0.05) is 46.3 Å². The monoisotopic (exact) mass is 490 g/mol. The van der Waals surface area contributed by atoms with E-state index >= 15 is 0 Å². The Bertz CT molecular complexity index is 1460. The Morgan fingerprint density at radius 1 is 1.16 bits per heavy atom. The minimum atomic E-state index is -0.625. The number of halogens is 1. The molecule has 0 spiro atoms. The van der Waals surface area contributed by atoms with E-state index in [-0.39, 0.29) is 29.0 Å². The molecule has 0 fully saturated rings. The van der Waals surface area contributed by atoms with Gasteiger partial charge >= 0.3 is 0 Å². The molecule has 0 bridgehead atoms. The van der Waals surface area contributed by atoms with E-state index in [9.17, 15) is 20.0 Å². The number of nitrogens with zero attached hydrogens (tertiary/aromatic N) is 2. The number of aromatic hydroxyl groups is 1. The summed E-state index contributed by atoms with van der Waals surface area (Å²) in [6.45, 7) is 3.37. The smallest absolute Gasteiger partial charge is 0.271 e. The Labute approximate surface area is 192 Å². The molecule has 0 saturated carbocycles. The molecule has 2 aromatic heterocycles. The summed E-state index contributed by atoms with van der Waals surface area (Å²) in [5.74, 6) is -0.975. The van der Waals surface area contributed by atoms with Crippen molar-refractivity contribution in [2.24, 2.45) is 0 Å². The SMILES string of the molecule is Cc1c(C(=O)c2oc3cc(Br)ccc3c2C)c(O)n(CCc2ccccc2)c(=O)c1C#N. The third kappa shape index (κ3) is 3.63. The van der Waals surface area contributed by atoms with Crippen LogP contribution in [0.1, 0.15) is 38.4 Å². The van der Waals surface area contributed by atoms with E-state index < -0.39 is 17.2 Å². The van der Waals surface area contributed by atoms with Crippen molar-refractivity contribution >= 4 is 32.7 Å². The number of carbonyl (C=O) groups excluding carboxylic acids is 1. The predicted molar refractivity (Wildman–Crippen MR) is 124 cm³/mol. The van der Waals surface area contributed by atoms with Crippen LogP contribution in [-0.4, -0.2) is 15.5 Å². The van der Waals surface area contributed by atoms with Gasteiger partial charge in [0.15, 0.2) is 5.76 Å². The molecule has 1 N–H and O–H groups in total. The van der Waals surface area contributed by atoms with Crippen LogP contribution in [0.2, 0.25) is 0 Å². The lowest BCUT2D eigenvalue weighted by Gasteiger charge is -2.15. The zero-order valence-corrected chi connectivity index (χ0v) is 19.1. The van der Waals surface area contributed by atoms with Gasteiger partial charge in [0.1, 0.15) is 17.2 Å². The molecule has 7 heteroatoms. The van der Waals surface area contributed by atoms with Crippen molar-refractivity contribution in [3.63, 3.8) is 0 Å². The maximum absolute atomic E-state index is 13.5. The third-order valence-corrected chi connectivity index (χ3v) is 6.09. The number of ketones is 1. The second-order valence-electron chi connectivity index (χ2n) is 7.53. The summed E-state index contributed by atoms with van der Waals surface area (Å²) in [6.07, 6.45) is 0.452. The zero-order valence-electron chi connectivity index (χ0n) is 17.5. The number of fused-ring (bicyclic) bond motifs is 1. The van der Waals surface area contributed by atoms with Crippen molar-refractivity contribution in [1.82, 2.24) is 4.57 Å². The van der Waals surface area contributed by atoms with E-state index in [0.29, 0.717) is 17.6 Å². The molecule has 0 unspecified atom stereocenters. The van der Waals surface area contributed by atoms with Gasteiger partial charge in [-0.05, 0) is 49.6 Å². The van der Waals surface area contributed by atoms with Crippen molar-refractivity contribution in [2.45, 2.75) is 26.8 Å². The summed E-state index contributed by atoms with van der Waals surface area (Å²) >= 11 is 3.39. The van der Waals surface area contributed by atoms with Crippen molar-refractivity contribution < 1.29 is 14.3 Å². The first-order chi connectivity index (χ1) is 15.3. The number of pyridine rings is 1. The van der Waals surface area contributed by atoms with E-state index in [1.807, 2.05) is 48.5 Å². The first-order valence-electron chi connectivity index (χ1n) is 9.97. The van der Waals surface area contributed by atoms with Crippen LogP contribution < -0.4 is 5.56 Å². The van der Waals surface area contributed by atoms with Gasteiger partial charge in [0.2, 0.25) is 11.7 Å². The summed E-state index contributed by atoms with van der Waals surface area (Å²) in [5.41, 5.74) is 1.35. The largest absolute Gasteiger partial charge is 0.494 e. The normalized spacial score (nSPS) is 10.9. The topological polar surface area (TPSA) is 96.2 Å². The van der Waals surface area contributed by atoms with E-state index in [1.54, 1.807) is 13.0 Å². The predicted octanol–water partition coefficient (Wildman–Crippen LogP) is 5.02. The molecule has 0 aliphatic heterocycles. The molecule has 2 aromatic carbocycles. The van der Waals surface area contributed by atoms with Crippen LogP contribution in [0, 0.1) is 25.2 Å². The summed E-state index contributed by atoms with van der Waals surface area (Å²) in [6, 6.07) is 16.8. The van der Waals surface area contributed by atoms with Gasteiger partial charge in [-0.25, -0.2) is 0 Å². The number of nitriles is 1. The first-order valence-corrected chi connectivity index (χ1v) is 10.8. The molecule has 32 heavy (non-hydrogen) atoms. The summed E-state index contributed by atoms with van der Waals surface area (Å²) in [5, 5.41) is 21.3. The summed E-state index contributed by atoms with van der Waals surface area (Å²) in [7, 11) is 0. The highest BCUT2D eigenvalue weighted by Gasteiger charge is 2.28. The molecular weight excluding hydrogens is 472 g/mol. The van der Waals surface area contributed by atoms with Crippen molar-refractivity contribution in [1.29, 1.82) is 5.26 Å². The fourth-order valence-corrected chi connectivity index (χ4v) is 4.19. The Morgan fingerprint density at radius 3 is 2.56 bits per heavy atom.